The van der Waals surface area contributed by atoms with E-state index < -0.39 is 0 Å². The molecule has 136 valence electrons. The number of fused-ring (bicyclic) bond motifs is 6. The van der Waals surface area contributed by atoms with Gasteiger partial charge in [0.15, 0.2) is 0 Å². The fourth-order valence-corrected chi connectivity index (χ4v) is 5.24. The Hall–Kier alpha value is -3.26. The van der Waals surface area contributed by atoms with Crippen LogP contribution in [0.25, 0.3) is 27.5 Å². The predicted molar refractivity (Wildman–Crippen MR) is 119 cm³/mol. The van der Waals surface area contributed by atoms with E-state index in [-0.39, 0.29) is 5.41 Å². The van der Waals surface area contributed by atoms with E-state index in [9.17, 15) is 0 Å². The summed E-state index contributed by atoms with van der Waals surface area (Å²) in [5, 5.41) is 2.63. The Morgan fingerprint density at radius 2 is 1.61 bits per heavy atom. The van der Waals surface area contributed by atoms with Crippen molar-refractivity contribution in [3.63, 3.8) is 0 Å². The summed E-state index contributed by atoms with van der Waals surface area (Å²) in [4.78, 5) is 2.43. The van der Waals surface area contributed by atoms with E-state index in [4.69, 9.17) is 0 Å². The van der Waals surface area contributed by atoms with Gasteiger partial charge in [0.1, 0.15) is 0 Å². The Kier molecular flexibility index (Phi) is 3.03. The highest BCUT2D eigenvalue weighted by Gasteiger charge is 2.44. The minimum absolute atomic E-state index is 0.00496. The SMILES string of the molecule is CN1c2cc3c4ccccc4n(-c4ccccc4)c3cc2C2(C)C=CC=CC12. The molecule has 0 N–H and O–H groups in total. The number of nitrogens with zero attached hydrogens (tertiary/aromatic N) is 2. The lowest BCUT2D eigenvalue weighted by Crippen LogP contribution is -2.39. The van der Waals surface area contributed by atoms with Gasteiger partial charge in [-0.05, 0) is 42.8 Å². The summed E-state index contributed by atoms with van der Waals surface area (Å²) in [5.74, 6) is 0. The van der Waals surface area contributed by atoms with Crippen molar-refractivity contribution in [1.82, 2.24) is 4.57 Å². The summed E-state index contributed by atoms with van der Waals surface area (Å²) < 4.78 is 2.41. The van der Waals surface area contributed by atoms with Crippen molar-refractivity contribution < 1.29 is 0 Å². The molecule has 0 spiro atoms. The van der Waals surface area contributed by atoms with Gasteiger partial charge in [-0.25, -0.2) is 0 Å². The van der Waals surface area contributed by atoms with Crippen molar-refractivity contribution in [2.75, 3.05) is 11.9 Å². The lowest BCUT2D eigenvalue weighted by atomic mass is 9.76. The van der Waals surface area contributed by atoms with Crippen molar-refractivity contribution in [2.24, 2.45) is 0 Å². The topological polar surface area (TPSA) is 8.17 Å². The van der Waals surface area contributed by atoms with Crippen LogP contribution >= 0.6 is 0 Å². The van der Waals surface area contributed by atoms with E-state index >= 15 is 0 Å². The molecule has 0 amide bonds. The van der Waals surface area contributed by atoms with Crippen molar-refractivity contribution in [1.29, 1.82) is 0 Å². The normalized spacial score (nSPS) is 22.8. The second-order valence-corrected chi connectivity index (χ2v) is 8.16. The van der Waals surface area contributed by atoms with E-state index in [2.05, 4.69) is 114 Å². The highest BCUT2D eigenvalue weighted by atomic mass is 15.2. The lowest BCUT2D eigenvalue weighted by molar-refractivity contribution is 0.541. The third kappa shape index (κ3) is 1.87. The van der Waals surface area contributed by atoms with Gasteiger partial charge in [-0.2, -0.15) is 0 Å². The van der Waals surface area contributed by atoms with Gasteiger partial charge in [-0.15, -0.1) is 0 Å². The second-order valence-electron chi connectivity index (χ2n) is 8.16. The van der Waals surface area contributed by atoms with Gasteiger partial charge < -0.3 is 9.47 Å². The molecular formula is C26H22N2. The van der Waals surface area contributed by atoms with Crippen LogP contribution in [-0.2, 0) is 5.41 Å². The molecule has 2 atom stereocenters. The maximum absolute atomic E-state index is 2.43. The Bertz CT molecular complexity index is 1290. The Labute approximate surface area is 165 Å². The Morgan fingerprint density at radius 1 is 0.821 bits per heavy atom. The Morgan fingerprint density at radius 3 is 2.46 bits per heavy atom. The molecule has 3 aromatic carbocycles. The molecule has 0 saturated heterocycles. The highest BCUT2D eigenvalue weighted by Crippen LogP contribution is 2.50. The van der Waals surface area contributed by atoms with Crippen molar-refractivity contribution in [3.8, 4) is 5.69 Å². The van der Waals surface area contributed by atoms with Crippen molar-refractivity contribution >= 4 is 27.5 Å². The second kappa shape index (κ2) is 5.39. The van der Waals surface area contributed by atoms with E-state index in [0.29, 0.717) is 6.04 Å². The van der Waals surface area contributed by atoms with E-state index in [0.717, 1.165) is 0 Å². The van der Waals surface area contributed by atoms with E-state index in [1.165, 1.54) is 38.7 Å². The molecule has 1 aliphatic carbocycles. The van der Waals surface area contributed by atoms with Gasteiger partial charge in [0.25, 0.3) is 0 Å². The van der Waals surface area contributed by atoms with Gasteiger partial charge in [-0.3, -0.25) is 0 Å². The minimum atomic E-state index is 0.00496. The molecule has 2 heteroatoms. The zero-order valence-corrected chi connectivity index (χ0v) is 16.1. The molecule has 0 radical (unpaired) electrons. The average molecular weight is 362 g/mol. The van der Waals surface area contributed by atoms with Gasteiger partial charge in [0, 0.05) is 34.6 Å². The van der Waals surface area contributed by atoms with Crippen LogP contribution in [0.4, 0.5) is 5.69 Å². The molecule has 0 saturated carbocycles. The molecular weight excluding hydrogens is 340 g/mol. The van der Waals surface area contributed by atoms with Crippen molar-refractivity contribution in [2.45, 2.75) is 18.4 Å². The van der Waals surface area contributed by atoms with Crippen LogP contribution in [0.15, 0.2) is 91.0 Å². The number of rotatable bonds is 1. The summed E-state index contributed by atoms with van der Waals surface area (Å²) in [7, 11) is 2.22. The van der Waals surface area contributed by atoms with Gasteiger partial charge >= 0.3 is 0 Å². The first-order chi connectivity index (χ1) is 13.7. The molecule has 1 aromatic heterocycles. The molecule has 6 rings (SSSR count). The maximum atomic E-state index is 2.43. The predicted octanol–water partition coefficient (Wildman–Crippen LogP) is 5.99. The lowest BCUT2D eigenvalue weighted by Gasteiger charge is -2.32. The summed E-state index contributed by atoms with van der Waals surface area (Å²) in [6, 6.07) is 24.6. The zero-order valence-electron chi connectivity index (χ0n) is 16.1. The third-order valence-electron chi connectivity index (χ3n) is 6.64. The smallest absolute Gasteiger partial charge is 0.0602 e. The molecule has 1 aliphatic heterocycles. The van der Waals surface area contributed by atoms with Crippen LogP contribution in [0.2, 0.25) is 0 Å². The molecule has 2 heterocycles. The third-order valence-corrected chi connectivity index (χ3v) is 6.64. The zero-order chi connectivity index (χ0) is 18.9. The number of likely N-dealkylation sites (N-methyl/N-ethyl adjacent to an activating group) is 1. The molecule has 2 unspecified atom stereocenters. The number of benzene rings is 3. The summed E-state index contributed by atoms with van der Waals surface area (Å²) in [6.45, 7) is 2.36. The fourth-order valence-electron chi connectivity index (χ4n) is 5.24. The number of para-hydroxylation sites is 2. The van der Waals surface area contributed by atoms with E-state index in [1.807, 2.05) is 0 Å². The summed E-state index contributed by atoms with van der Waals surface area (Å²) in [5.41, 5.74) is 6.51. The fraction of sp³-hybridized carbons (Fsp3) is 0.154. The molecule has 2 nitrogen and oxygen atoms in total. The van der Waals surface area contributed by atoms with Crippen LogP contribution < -0.4 is 4.90 Å². The molecule has 0 fully saturated rings. The number of hydrogen-bond acceptors (Lipinski definition) is 1. The van der Waals surface area contributed by atoms with Crippen LogP contribution in [-0.4, -0.2) is 17.7 Å². The van der Waals surface area contributed by atoms with Gasteiger partial charge in [0.05, 0.1) is 17.1 Å². The summed E-state index contributed by atoms with van der Waals surface area (Å²) in [6.07, 6.45) is 9.06. The van der Waals surface area contributed by atoms with Crippen LogP contribution in [0.1, 0.15) is 12.5 Å². The number of allylic oxidation sites excluding steroid dienone is 2. The van der Waals surface area contributed by atoms with Crippen LogP contribution in [0.5, 0.6) is 0 Å². The number of aromatic nitrogens is 1. The van der Waals surface area contributed by atoms with Crippen LogP contribution in [0.3, 0.4) is 0 Å². The molecule has 2 aliphatic rings. The van der Waals surface area contributed by atoms with Gasteiger partial charge in [-0.1, -0.05) is 60.7 Å². The minimum Gasteiger partial charge on any atom is -0.367 e. The molecule has 28 heavy (non-hydrogen) atoms. The standard InChI is InChI=1S/C26H22N2/c1-26-15-9-8-14-25(26)27(2)24-16-20-19-12-6-7-13-22(19)28(23(20)17-21(24)26)18-10-4-3-5-11-18/h3-17,25H,1-2H3. The Balaban J connectivity index is 1.75. The van der Waals surface area contributed by atoms with Crippen molar-refractivity contribution in [3.05, 3.63) is 96.6 Å². The number of anilines is 1. The highest BCUT2D eigenvalue weighted by molar-refractivity contribution is 6.11. The first kappa shape index (κ1) is 15.8. The first-order valence-corrected chi connectivity index (χ1v) is 9.90. The number of hydrogen-bond donors (Lipinski definition) is 0. The van der Waals surface area contributed by atoms with Crippen LogP contribution in [0, 0.1) is 0 Å². The molecule has 4 aromatic rings. The molecule has 0 bridgehead atoms. The average Bonchev–Trinajstić information content (AvgIpc) is 3.17. The quantitative estimate of drug-likeness (QED) is 0.404. The first-order valence-electron chi connectivity index (χ1n) is 9.90. The largest absolute Gasteiger partial charge is 0.367 e. The van der Waals surface area contributed by atoms with E-state index in [1.54, 1.807) is 0 Å². The summed E-state index contributed by atoms with van der Waals surface area (Å²) >= 11 is 0. The monoisotopic (exact) mass is 362 g/mol. The maximum Gasteiger partial charge on any atom is 0.0602 e. The van der Waals surface area contributed by atoms with Gasteiger partial charge in [0.2, 0.25) is 0 Å².